The van der Waals surface area contributed by atoms with Crippen molar-refractivity contribution in [2.75, 3.05) is 13.1 Å². The van der Waals surface area contributed by atoms with E-state index in [1.54, 1.807) is 0 Å². The molecule has 1 aliphatic heterocycles. The van der Waals surface area contributed by atoms with Gasteiger partial charge >= 0.3 is 6.03 Å². The Hall–Kier alpha value is -0.730. The molecule has 1 unspecified atom stereocenters. The minimum absolute atomic E-state index is 0.165. The minimum Gasteiger partial charge on any atom is -0.335 e. The van der Waals surface area contributed by atoms with Crippen LogP contribution in [-0.2, 0) is 0 Å². The van der Waals surface area contributed by atoms with Crippen LogP contribution in [0.15, 0.2) is 0 Å². The highest BCUT2D eigenvalue weighted by molar-refractivity contribution is 5.75. The number of hydrogen-bond acceptors (Lipinski definition) is 1. The van der Waals surface area contributed by atoms with Crippen LogP contribution in [0.5, 0.6) is 0 Å². The molecule has 2 aliphatic rings. The first-order valence-corrected chi connectivity index (χ1v) is 5.35. The molecule has 3 nitrogen and oxygen atoms in total. The maximum absolute atomic E-state index is 11.6. The van der Waals surface area contributed by atoms with Crippen molar-refractivity contribution in [3.63, 3.8) is 0 Å². The Morgan fingerprint density at radius 1 is 1.46 bits per heavy atom. The second-order valence-corrected chi connectivity index (χ2v) is 4.23. The van der Waals surface area contributed by atoms with Gasteiger partial charge in [-0.05, 0) is 25.2 Å². The number of nitrogens with one attached hydrogen (secondary N) is 1. The Morgan fingerprint density at radius 2 is 2.23 bits per heavy atom. The lowest BCUT2D eigenvalue weighted by molar-refractivity contribution is 0.206. The molecule has 3 heteroatoms. The largest absolute Gasteiger partial charge is 0.335 e. The predicted molar refractivity (Wildman–Crippen MR) is 51.5 cm³/mol. The number of amides is 2. The molecule has 0 bridgehead atoms. The Morgan fingerprint density at radius 3 is 2.77 bits per heavy atom. The summed E-state index contributed by atoms with van der Waals surface area (Å²) in [4.78, 5) is 13.5. The normalized spacial score (nSPS) is 27.8. The van der Waals surface area contributed by atoms with E-state index in [1.165, 1.54) is 25.7 Å². The van der Waals surface area contributed by atoms with Gasteiger partial charge in [0.2, 0.25) is 0 Å². The van der Waals surface area contributed by atoms with E-state index in [1.807, 2.05) is 4.90 Å². The summed E-state index contributed by atoms with van der Waals surface area (Å²) in [7, 11) is 0. The van der Waals surface area contributed by atoms with Gasteiger partial charge in [-0.1, -0.05) is 13.3 Å². The molecule has 2 rings (SSSR count). The van der Waals surface area contributed by atoms with Gasteiger partial charge < -0.3 is 10.2 Å². The molecular formula is C10H18N2O. The predicted octanol–water partition coefficient (Wildman–Crippen LogP) is 1.59. The van der Waals surface area contributed by atoms with E-state index in [0.717, 1.165) is 19.0 Å². The first-order valence-electron chi connectivity index (χ1n) is 5.35. The molecule has 1 atom stereocenters. The van der Waals surface area contributed by atoms with Crippen LogP contribution in [-0.4, -0.2) is 30.1 Å². The van der Waals surface area contributed by atoms with Crippen LogP contribution in [0.25, 0.3) is 0 Å². The smallest absolute Gasteiger partial charge is 0.317 e. The van der Waals surface area contributed by atoms with Gasteiger partial charge in [0.25, 0.3) is 0 Å². The first-order chi connectivity index (χ1) is 6.29. The maximum atomic E-state index is 11.6. The molecular weight excluding hydrogens is 164 g/mol. The lowest BCUT2D eigenvalue weighted by Crippen LogP contribution is -2.39. The van der Waals surface area contributed by atoms with Crippen LogP contribution in [0.1, 0.15) is 32.6 Å². The zero-order valence-corrected chi connectivity index (χ0v) is 8.25. The van der Waals surface area contributed by atoms with Crippen LogP contribution in [0, 0.1) is 5.92 Å². The second kappa shape index (κ2) is 3.56. The zero-order valence-electron chi connectivity index (χ0n) is 8.25. The lowest BCUT2D eigenvalue weighted by Gasteiger charge is -2.16. The lowest BCUT2D eigenvalue weighted by atomic mass is 10.1. The van der Waals surface area contributed by atoms with E-state index in [4.69, 9.17) is 0 Å². The molecule has 0 aromatic heterocycles. The minimum atomic E-state index is 0.165. The van der Waals surface area contributed by atoms with E-state index in [2.05, 4.69) is 12.2 Å². The molecule has 1 saturated carbocycles. The third kappa shape index (κ3) is 2.14. The molecule has 1 N–H and O–H groups in total. The summed E-state index contributed by atoms with van der Waals surface area (Å²) in [5.41, 5.74) is 0. The van der Waals surface area contributed by atoms with Gasteiger partial charge in [0.05, 0.1) is 0 Å². The summed E-state index contributed by atoms with van der Waals surface area (Å²) >= 11 is 0. The van der Waals surface area contributed by atoms with Gasteiger partial charge in [-0.2, -0.15) is 0 Å². The SMILES string of the molecule is CCC1CCN(C(=O)NC2CC2)C1. The molecule has 0 spiro atoms. The Balaban J connectivity index is 1.77. The quantitative estimate of drug-likeness (QED) is 0.691. The van der Waals surface area contributed by atoms with Gasteiger partial charge in [-0.15, -0.1) is 0 Å². The number of urea groups is 1. The fourth-order valence-electron chi connectivity index (χ4n) is 1.84. The standard InChI is InChI=1S/C10H18N2O/c1-2-8-5-6-12(7-8)10(13)11-9-3-4-9/h8-9H,2-7H2,1H3,(H,11,13). The van der Waals surface area contributed by atoms with E-state index in [0.29, 0.717) is 6.04 Å². The van der Waals surface area contributed by atoms with Crippen LogP contribution in [0.3, 0.4) is 0 Å². The molecule has 0 aromatic rings. The third-order valence-corrected chi connectivity index (χ3v) is 3.06. The van der Waals surface area contributed by atoms with Crippen molar-refractivity contribution < 1.29 is 4.79 Å². The van der Waals surface area contributed by atoms with E-state index >= 15 is 0 Å². The summed E-state index contributed by atoms with van der Waals surface area (Å²) in [5.74, 6) is 0.741. The van der Waals surface area contributed by atoms with Crippen LogP contribution in [0.2, 0.25) is 0 Å². The number of rotatable bonds is 2. The fraction of sp³-hybridized carbons (Fsp3) is 0.900. The van der Waals surface area contributed by atoms with Crippen LogP contribution < -0.4 is 5.32 Å². The van der Waals surface area contributed by atoms with Gasteiger partial charge in [0.15, 0.2) is 0 Å². The second-order valence-electron chi connectivity index (χ2n) is 4.23. The average molecular weight is 182 g/mol. The van der Waals surface area contributed by atoms with Gasteiger partial charge in [-0.25, -0.2) is 4.79 Å². The van der Waals surface area contributed by atoms with Crippen molar-refractivity contribution in [3.8, 4) is 0 Å². The monoisotopic (exact) mass is 182 g/mol. The summed E-state index contributed by atoms with van der Waals surface area (Å²) in [5, 5.41) is 3.03. The summed E-state index contributed by atoms with van der Waals surface area (Å²) < 4.78 is 0. The van der Waals surface area contributed by atoms with E-state index < -0.39 is 0 Å². The third-order valence-electron chi connectivity index (χ3n) is 3.06. The number of carbonyl (C=O) groups excluding carboxylic acids is 1. The maximum Gasteiger partial charge on any atom is 0.317 e. The summed E-state index contributed by atoms with van der Waals surface area (Å²) in [6.45, 7) is 4.12. The Labute approximate surface area is 79.5 Å². The molecule has 1 saturated heterocycles. The van der Waals surface area contributed by atoms with E-state index in [-0.39, 0.29) is 6.03 Å². The van der Waals surface area contributed by atoms with Crippen LogP contribution >= 0.6 is 0 Å². The van der Waals surface area contributed by atoms with Crippen LogP contribution in [0.4, 0.5) is 4.79 Å². The molecule has 1 aliphatic carbocycles. The highest BCUT2D eigenvalue weighted by Crippen LogP contribution is 2.22. The van der Waals surface area contributed by atoms with Crippen molar-refractivity contribution in [2.24, 2.45) is 5.92 Å². The summed E-state index contributed by atoms with van der Waals surface area (Å²) in [6, 6.07) is 0.659. The van der Waals surface area contributed by atoms with Crippen molar-refractivity contribution >= 4 is 6.03 Å². The molecule has 13 heavy (non-hydrogen) atoms. The van der Waals surface area contributed by atoms with Crippen molar-refractivity contribution in [1.82, 2.24) is 10.2 Å². The van der Waals surface area contributed by atoms with Crippen molar-refractivity contribution in [3.05, 3.63) is 0 Å². The Kier molecular flexibility index (Phi) is 2.42. The first kappa shape index (κ1) is 8.85. The zero-order chi connectivity index (χ0) is 9.26. The van der Waals surface area contributed by atoms with Crippen molar-refractivity contribution in [1.29, 1.82) is 0 Å². The number of likely N-dealkylation sites (tertiary alicyclic amines) is 1. The fourth-order valence-corrected chi connectivity index (χ4v) is 1.84. The molecule has 1 heterocycles. The molecule has 2 fully saturated rings. The molecule has 0 aromatic carbocycles. The topological polar surface area (TPSA) is 32.3 Å². The van der Waals surface area contributed by atoms with Crippen molar-refractivity contribution in [2.45, 2.75) is 38.6 Å². The Bertz CT molecular complexity index is 201. The molecule has 0 radical (unpaired) electrons. The van der Waals surface area contributed by atoms with Gasteiger partial charge in [0, 0.05) is 19.1 Å². The summed E-state index contributed by atoms with van der Waals surface area (Å²) in [6.07, 6.45) is 4.75. The average Bonchev–Trinajstić information content (AvgIpc) is 2.82. The number of carbonyl (C=O) groups is 1. The van der Waals surface area contributed by atoms with E-state index in [9.17, 15) is 4.79 Å². The van der Waals surface area contributed by atoms with Gasteiger partial charge in [-0.3, -0.25) is 0 Å². The van der Waals surface area contributed by atoms with Gasteiger partial charge in [0.1, 0.15) is 0 Å². The highest BCUT2D eigenvalue weighted by atomic mass is 16.2. The number of hydrogen-bond donors (Lipinski definition) is 1. The highest BCUT2D eigenvalue weighted by Gasteiger charge is 2.29. The number of nitrogens with zero attached hydrogens (tertiary/aromatic N) is 1. The molecule has 2 amide bonds. The molecule has 74 valence electrons.